The van der Waals surface area contributed by atoms with Crippen molar-refractivity contribution in [3.05, 3.63) is 63.6 Å². The van der Waals surface area contributed by atoms with Gasteiger partial charge in [-0.25, -0.2) is 0 Å². The molecule has 0 amide bonds. The molecule has 3 rings (SSSR count). The Labute approximate surface area is 167 Å². The van der Waals surface area contributed by atoms with Gasteiger partial charge in [-0.15, -0.1) is 0 Å². The van der Waals surface area contributed by atoms with Gasteiger partial charge in [0.25, 0.3) is 0 Å². The van der Waals surface area contributed by atoms with Crippen LogP contribution in [0.5, 0.6) is 0 Å². The van der Waals surface area contributed by atoms with Gasteiger partial charge < -0.3 is 15.0 Å². The SMILES string of the molecule is S=C(Nc1ccc(Cl)cc1)N(Cc1cccc(Br)c1)CC1CCCO1. The van der Waals surface area contributed by atoms with Crippen molar-refractivity contribution < 1.29 is 4.74 Å². The van der Waals surface area contributed by atoms with Crippen LogP contribution in [0.15, 0.2) is 53.0 Å². The zero-order chi connectivity index (χ0) is 17.6. The van der Waals surface area contributed by atoms with Crippen LogP contribution < -0.4 is 5.32 Å². The summed E-state index contributed by atoms with van der Waals surface area (Å²) >= 11 is 15.2. The molecule has 2 aromatic rings. The van der Waals surface area contributed by atoms with Crippen LogP contribution in [0.1, 0.15) is 18.4 Å². The van der Waals surface area contributed by atoms with E-state index in [4.69, 9.17) is 28.6 Å². The van der Waals surface area contributed by atoms with Crippen LogP contribution >= 0.6 is 39.7 Å². The number of nitrogens with one attached hydrogen (secondary N) is 1. The lowest BCUT2D eigenvalue weighted by Gasteiger charge is -2.28. The average Bonchev–Trinajstić information content (AvgIpc) is 3.09. The van der Waals surface area contributed by atoms with Crippen molar-refractivity contribution in [2.75, 3.05) is 18.5 Å². The fourth-order valence-electron chi connectivity index (χ4n) is 2.84. The molecule has 0 aliphatic carbocycles. The van der Waals surface area contributed by atoms with Crippen molar-refractivity contribution in [2.45, 2.75) is 25.5 Å². The Bertz CT molecular complexity index is 720. The lowest BCUT2D eigenvalue weighted by Crippen LogP contribution is -2.39. The molecule has 1 atom stereocenters. The molecule has 1 fully saturated rings. The van der Waals surface area contributed by atoms with Crippen molar-refractivity contribution in [3.63, 3.8) is 0 Å². The second-order valence-electron chi connectivity index (χ2n) is 6.08. The summed E-state index contributed by atoms with van der Waals surface area (Å²) in [5.41, 5.74) is 2.13. The minimum absolute atomic E-state index is 0.233. The summed E-state index contributed by atoms with van der Waals surface area (Å²) in [5, 5.41) is 4.71. The van der Waals surface area contributed by atoms with E-state index >= 15 is 0 Å². The summed E-state index contributed by atoms with van der Waals surface area (Å²) in [6.45, 7) is 2.36. The van der Waals surface area contributed by atoms with Crippen molar-refractivity contribution in [1.82, 2.24) is 4.90 Å². The largest absolute Gasteiger partial charge is 0.376 e. The van der Waals surface area contributed by atoms with Gasteiger partial charge in [0.1, 0.15) is 0 Å². The number of benzene rings is 2. The van der Waals surface area contributed by atoms with Crippen molar-refractivity contribution >= 4 is 50.5 Å². The van der Waals surface area contributed by atoms with E-state index in [1.165, 1.54) is 5.56 Å². The number of thiocarbonyl (C=S) groups is 1. The van der Waals surface area contributed by atoms with E-state index in [9.17, 15) is 0 Å². The van der Waals surface area contributed by atoms with Crippen LogP contribution in [-0.2, 0) is 11.3 Å². The Morgan fingerprint density at radius 1 is 1.28 bits per heavy atom. The molecule has 25 heavy (non-hydrogen) atoms. The summed E-state index contributed by atoms with van der Waals surface area (Å²) in [4.78, 5) is 2.17. The molecule has 0 radical (unpaired) electrons. The van der Waals surface area contributed by atoms with E-state index in [1.54, 1.807) is 0 Å². The van der Waals surface area contributed by atoms with Gasteiger partial charge in [-0.05, 0) is 67.0 Å². The third-order valence-electron chi connectivity index (χ3n) is 4.09. The number of rotatable bonds is 5. The number of anilines is 1. The Morgan fingerprint density at radius 2 is 2.08 bits per heavy atom. The zero-order valence-electron chi connectivity index (χ0n) is 13.8. The van der Waals surface area contributed by atoms with E-state index in [1.807, 2.05) is 36.4 Å². The maximum atomic E-state index is 5.95. The fraction of sp³-hybridized carbons (Fsp3) is 0.316. The van der Waals surface area contributed by atoms with Crippen LogP contribution in [0.3, 0.4) is 0 Å². The number of hydrogen-bond donors (Lipinski definition) is 1. The van der Waals surface area contributed by atoms with Gasteiger partial charge in [0.05, 0.1) is 6.10 Å². The van der Waals surface area contributed by atoms with Gasteiger partial charge in [-0.2, -0.15) is 0 Å². The number of halogens is 2. The van der Waals surface area contributed by atoms with E-state index in [-0.39, 0.29) is 6.10 Å². The summed E-state index contributed by atoms with van der Waals surface area (Å²) in [6, 6.07) is 15.9. The minimum atomic E-state index is 0.233. The standard InChI is InChI=1S/C19H20BrClN2OS/c20-15-4-1-3-14(11-15)12-23(13-18-5-2-10-24-18)19(25)22-17-8-6-16(21)7-9-17/h1,3-4,6-9,11,18H,2,5,10,12-13H2,(H,22,25). The predicted octanol–water partition coefficient (Wildman–Crippen LogP) is 5.48. The summed E-state index contributed by atoms with van der Waals surface area (Å²) in [6.07, 6.45) is 2.43. The number of ether oxygens (including phenoxy) is 1. The number of hydrogen-bond acceptors (Lipinski definition) is 2. The first kappa shape index (κ1) is 18.6. The molecule has 0 bridgehead atoms. The van der Waals surface area contributed by atoms with Crippen molar-refractivity contribution in [3.8, 4) is 0 Å². The van der Waals surface area contributed by atoms with E-state index in [0.29, 0.717) is 10.1 Å². The molecular weight excluding hydrogens is 420 g/mol. The zero-order valence-corrected chi connectivity index (χ0v) is 16.9. The minimum Gasteiger partial charge on any atom is -0.376 e. The van der Waals surface area contributed by atoms with Crippen LogP contribution in [-0.4, -0.2) is 29.3 Å². The van der Waals surface area contributed by atoms with Gasteiger partial charge in [-0.1, -0.05) is 39.7 Å². The van der Waals surface area contributed by atoms with Crippen LogP contribution in [0.25, 0.3) is 0 Å². The predicted molar refractivity (Wildman–Crippen MR) is 111 cm³/mol. The normalized spacial score (nSPS) is 16.6. The smallest absolute Gasteiger partial charge is 0.173 e. The van der Waals surface area contributed by atoms with Gasteiger partial charge >= 0.3 is 0 Å². The maximum absolute atomic E-state index is 5.95. The second kappa shape index (κ2) is 8.99. The highest BCUT2D eigenvalue weighted by Gasteiger charge is 2.21. The lowest BCUT2D eigenvalue weighted by atomic mass is 10.2. The van der Waals surface area contributed by atoms with Gasteiger partial charge in [0.2, 0.25) is 0 Å². The topological polar surface area (TPSA) is 24.5 Å². The molecule has 3 nitrogen and oxygen atoms in total. The molecule has 1 saturated heterocycles. The Balaban J connectivity index is 1.71. The first-order valence-electron chi connectivity index (χ1n) is 8.28. The highest BCUT2D eigenvalue weighted by Crippen LogP contribution is 2.19. The van der Waals surface area contributed by atoms with Gasteiger partial charge in [-0.3, -0.25) is 0 Å². The third kappa shape index (κ3) is 5.68. The van der Waals surface area contributed by atoms with Crippen molar-refractivity contribution in [1.29, 1.82) is 0 Å². The van der Waals surface area contributed by atoms with Crippen LogP contribution in [0.2, 0.25) is 5.02 Å². The quantitative estimate of drug-likeness (QED) is 0.623. The highest BCUT2D eigenvalue weighted by molar-refractivity contribution is 9.10. The third-order valence-corrected chi connectivity index (χ3v) is 5.20. The van der Waals surface area contributed by atoms with Crippen molar-refractivity contribution in [2.24, 2.45) is 0 Å². The van der Waals surface area contributed by atoms with E-state index in [0.717, 1.165) is 42.7 Å². The van der Waals surface area contributed by atoms with E-state index < -0.39 is 0 Å². The molecule has 1 unspecified atom stereocenters. The summed E-state index contributed by atoms with van der Waals surface area (Å²) in [5.74, 6) is 0. The average molecular weight is 440 g/mol. The second-order valence-corrected chi connectivity index (χ2v) is 7.82. The molecule has 0 aromatic heterocycles. The highest BCUT2D eigenvalue weighted by atomic mass is 79.9. The molecule has 1 heterocycles. The molecule has 2 aromatic carbocycles. The first-order valence-corrected chi connectivity index (χ1v) is 9.85. The molecule has 1 aliphatic heterocycles. The Kier molecular flexibility index (Phi) is 6.70. The van der Waals surface area contributed by atoms with Gasteiger partial charge in [0, 0.05) is 34.9 Å². The monoisotopic (exact) mass is 438 g/mol. The summed E-state index contributed by atoms with van der Waals surface area (Å²) in [7, 11) is 0. The molecule has 132 valence electrons. The van der Waals surface area contributed by atoms with Gasteiger partial charge in [0.15, 0.2) is 5.11 Å². The van der Waals surface area contributed by atoms with Crippen LogP contribution in [0, 0.1) is 0 Å². The molecule has 0 saturated carbocycles. The molecule has 1 N–H and O–H groups in total. The Hall–Kier alpha value is -1.14. The molecule has 0 spiro atoms. The van der Waals surface area contributed by atoms with E-state index in [2.05, 4.69) is 38.3 Å². The van der Waals surface area contributed by atoms with Crippen LogP contribution in [0.4, 0.5) is 5.69 Å². The lowest BCUT2D eigenvalue weighted by molar-refractivity contribution is 0.0905. The molecule has 6 heteroatoms. The maximum Gasteiger partial charge on any atom is 0.173 e. The molecule has 1 aliphatic rings. The first-order chi connectivity index (χ1) is 12.1. The molecular formula is C19H20BrClN2OS. The number of nitrogens with zero attached hydrogens (tertiary/aromatic N) is 1. The summed E-state index contributed by atoms with van der Waals surface area (Å²) < 4.78 is 6.87. The fourth-order valence-corrected chi connectivity index (χ4v) is 3.67. The Morgan fingerprint density at radius 3 is 2.76 bits per heavy atom.